The van der Waals surface area contributed by atoms with Crippen molar-refractivity contribution in [2.75, 3.05) is 5.32 Å². The van der Waals surface area contributed by atoms with Crippen molar-refractivity contribution in [3.8, 4) is 11.3 Å². The number of anilines is 1. The number of amides is 1. The predicted octanol–water partition coefficient (Wildman–Crippen LogP) is 4.42. The highest BCUT2D eigenvalue weighted by Gasteiger charge is 2.13. The molecule has 0 fully saturated rings. The van der Waals surface area contributed by atoms with Gasteiger partial charge in [0.15, 0.2) is 16.1 Å². The number of imidazole rings is 1. The second kappa shape index (κ2) is 6.47. The standard InChI is InChI=1S/C21H13N3O3S/c25-17-11-19(27-18-4-2-1-3-15(17)18)20(26)22-14-7-5-13(6-8-14)16-12-24-9-10-28-21(24)23-16/h1-12H,(H,22,26). The number of rotatable bonds is 3. The quantitative estimate of drug-likeness (QED) is 0.497. The highest BCUT2D eigenvalue weighted by Crippen LogP contribution is 2.23. The van der Waals surface area contributed by atoms with Crippen molar-refractivity contribution in [1.82, 2.24) is 9.38 Å². The largest absolute Gasteiger partial charge is 0.451 e. The van der Waals surface area contributed by atoms with E-state index in [9.17, 15) is 9.59 Å². The highest BCUT2D eigenvalue weighted by atomic mass is 32.1. The molecule has 28 heavy (non-hydrogen) atoms. The summed E-state index contributed by atoms with van der Waals surface area (Å²) >= 11 is 1.57. The van der Waals surface area contributed by atoms with Gasteiger partial charge in [0, 0.05) is 35.1 Å². The Morgan fingerprint density at radius 2 is 1.93 bits per heavy atom. The summed E-state index contributed by atoms with van der Waals surface area (Å²) in [7, 11) is 0. The summed E-state index contributed by atoms with van der Waals surface area (Å²) in [6.45, 7) is 0. The van der Waals surface area contributed by atoms with Crippen LogP contribution in [0.15, 0.2) is 81.6 Å². The zero-order valence-corrected chi connectivity index (χ0v) is 15.3. The first kappa shape index (κ1) is 16.5. The van der Waals surface area contributed by atoms with Crippen molar-refractivity contribution >= 4 is 38.9 Å². The van der Waals surface area contributed by atoms with E-state index in [1.165, 1.54) is 6.07 Å². The van der Waals surface area contributed by atoms with Gasteiger partial charge >= 0.3 is 0 Å². The molecule has 0 spiro atoms. The van der Waals surface area contributed by atoms with Crippen molar-refractivity contribution in [3.63, 3.8) is 0 Å². The normalized spacial score (nSPS) is 11.1. The molecule has 1 amide bonds. The molecule has 0 saturated carbocycles. The number of benzene rings is 2. The lowest BCUT2D eigenvalue weighted by molar-refractivity contribution is 0.0997. The molecule has 0 unspecified atom stereocenters. The van der Waals surface area contributed by atoms with E-state index in [0.29, 0.717) is 16.7 Å². The average molecular weight is 387 g/mol. The Kier molecular flexibility index (Phi) is 3.80. The molecule has 1 N–H and O–H groups in total. The number of carbonyl (C=O) groups excluding carboxylic acids is 1. The molecule has 0 aliphatic heterocycles. The van der Waals surface area contributed by atoms with Crippen LogP contribution in [0, 0.1) is 0 Å². The Morgan fingerprint density at radius 1 is 1.11 bits per heavy atom. The van der Waals surface area contributed by atoms with Gasteiger partial charge in [-0.2, -0.15) is 0 Å². The Labute approximate surface area is 162 Å². The van der Waals surface area contributed by atoms with Gasteiger partial charge in [0.2, 0.25) is 0 Å². The van der Waals surface area contributed by atoms with Crippen LogP contribution in [0.25, 0.3) is 27.2 Å². The van der Waals surface area contributed by atoms with E-state index >= 15 is 0 Å². The van der Waals surface area contributed by atoms with Gasteiger partial charge in [-0.05, 0) is 24.3 Å². The van der Waals surface area contributed by atoms with Gasteiger partial charge in [-0.1, -0.05) is 24.3 Å². The van der Waals surface area contributed by atoms with Gasteiger partial charge in [-0.3, -0.25) is 14.0 Å². The second-order valence-corrected chi connectivity index (χ2v) is 7.09. The fourth-order valence-corrected chi connectivity index (χ4v) is 3.70. The molecule has 136 valence electrons. The monoisotopic (exact) mass is 387 g/mol. The number of aromatic nitrogens is 2. The number of hydrogen-bond acceptors (Lipinski definition) is 5. The molecule has 3 heterocycles. The number of nitrogens with one attached hydrogen (secondary N) is 1. The molecule has 3 aromatic heterocycles. The topological polar surface area (TPSA) is 76.6 Å². The van der Waals surface area contributed by atoms with Gasteiger partial charge in [0.1, 0.15) is 5.58 Å². The molecular formula is C21H13N3O3S. The van der Waals surface area contributed by atoms with Gasteiger partial charge < -0.3 is 9.73 Å². The third-order valence-corrected chi connectivity index (χ3v) is 5.16. The number of hydrogen-bond donors (Lipinski definition) is 1. The maximum atomic E-state index is 12.5. The SMILES string of the molecule is O=C(Nc1ccc(-c2cn3ccsc3n2)cc1)c1cc(=O)c2ccccc2o1. The first-order valence-electron chi connectivity index (χ1n) is 8.54. The lowest BCUT2D eigenvalue weighted by Gasteiger charge is -2.06. The van der Waals surface area contributed by atoms with Gasteiger partial charge in [-0.25, -0.2) is 4.98 Å². The summed E-state index contributed by atoms with van der Waals surface area (Å²) in [5, 5.41) is 5.18. The van der Waals surface area contributed by atoms with E-state index in [1.54, 1.807) is 47.7 Å². The van der Waals surface area contributed by atoms with Crippen molar-refractivity contribution in [2.45, 2.75) is 0 Å². The smallest absolute Gasteiger partial charge is 0.291 e. The molecule has 0 aliphatic carbocycles. The van der Waals surface area contributed by atoms with Crippen LogP contribution in [-0.4, -0.2) is 15.3 Å². The van der Waals surface area contributed by atoms with Crippen LogP contribution in [0.3, 0.4) is 0 Å². The van der Waals surface area contributed by atoms with Crippen LogP contribution in [-0.2, 0) is 0 Å². The molecule has 0 aliphatic rings. The molecule has 5 aromatic rings. The Balaban J connectivity index is 1.39. The number of fused-ring (bicyclic) bond motifs is 2. The molecule has 6 nitrogen and oxygen atoms in total. The summed E-state index contributed by atoms with van der Waals surface area (Å²) in [5.41, 5.74) is 2.55. The minimum atomic E-state index is -0.474. The maximum absolute atomic E-state index is 12.5. The van der Waals surface area contributed by atoms with Gasteiger partial charge in [0.05, 0.1) is 11.1 Å². The highest BCUT2D eigenvalue weighted by molar-refractivity contribution is 7.15. The molecule has 5 rings (SSSR count). The van der Waals surface area contributed by atoms with E-state index in [0.717, 1.165) is 16.2 Å². The van der Waals surface area contributed by atoms with Crippen molar-refractivity contribution in [2.24, 2.45) is 0 Å². The zero-order valence-electron chi connectivity index (χ0n) is 14.5. The third kappa shape index (κ3) is 2.87. The molecular weight excluding hydrogens is 374 g/mol. The van der Waals surface area contributed by atoms with E-state index in [2.05, 4.69) is 10.3 Å². The van der Waals surface area contributed by atoms with E-state index in [-0.39, 0.29) is 11.2 Å². The first-order valence-corrected chi connectivity index (χ1v) is 9.42. The Morgan fingerprint density at radius 3 is 2.75 bits per heavy atom. The number of nitrogens with zero attached hydrogens (tertiary/aromatic N) is 2. The Hall–Kier alpha value is -3.71. The van der Waals surface area contributed by atoms with Crippen LogP contribution in [0.1, 0.15) is 10.6 Å². The average Bonchev–Trinajstić information content (AvgIpc) is 3.31. The summed E-state index contributed by atoms with van der Waals surface area (Å²) in [6, 6.07) is 15.4. The fraction of sp³-hybridized carbons (Fsp3) is 0. The second-order valence-electron chi connectivity index (χ2n) is 6.22. The van der Waals surface area contributed by atoms with Crippen LogP contribution in [0.5, 0.6) is 0 Å². The maximum Gasteiger partial charge on any atom is 0.291 e. The number of carbonyl (C=O) groups is 1. The predicted molar refractivity (Wildman–Crippen MR) is 109 cm³/mol. The minimum absolute atomic E-state index is 0.0258. The van der Waals surface area contributed by atoms with E-state index in [4.69, 9.17) is 4.42 Å². The summed E-state index contributed by atoms with van der Waals surface area (Å²) in [5.74, 6) is -0.500. The van der Waals surface area contributed by atoms with Crippen molar-refractivity contribution in [1.29, 1.82) is 0 Å². The van der Waals surface area contributed by atoms with Crippen molar-refractivity contribution in [3.05, 3.63) is 88.4 Å². The summed E-state index contributed by atoms with van der Waals surface area (Å²) < 4.78 is 7.54. The third-order valence-electron chi connectivity index (χ3n) is 4.39. The first-order chi connectivity index (χ1) is 13.7. The number of para-hydroxylation sites is 1. The Bertz CT molecular complexity index is 1350. The van der Waals surface area contributed by atoms with Gasteiger partial charge in [-0.15, -0.1) is 11.3 Å². The minimum Gasteiger partial charge on any atom is -0.451 e. The zero-order chi connectivity index (χ0) is 19.1. The van der Waals surface area contributed by atoms with Crippen molar-refractivity contribution < 1.29 is 9.21 Å². The van der Waals surface area contributed by atoms with Gasteiger partial charge in [0.25, 0.3) is 5.91 Å². The fourth-order valence-electron chi connectivity index (χ4n) is 3.00. The molecule has 7 heteroatoms. The van der Waals surface area contributed by atoms with E-state index < -0.39 is 5.91 Å². The van der Waals surface area contributed by atoms with E-state index in [1.807, 2.05) is 34.3 Å². The van der Waals surface area contributed by atoms with Crippen LogP contribution in [0.2, 0.25) is 0 Å². The molecule has 0 radical (unpaired) electrons. The molecule has 0 atom stereocenters. The molecule has 0 bridgehead atoms. The lowest BCUT2D eigenvalue weighted by Crippen LogP contribution is -2.14. The number of thiazole rings is 1. The summed E-state index contributed by atoms with van der Waals surface area (Å²) in [6.07, 6.45) is 3.92. The summed E-state index contributed by atoms with van der Waals surface area (Å²) in [4.78, 5) is 30.1. The lowest BCUT2D eigenvalue weighted by atomic mass is 10.1. The van der Waals surface area contributed by atoms with Crippen LogP contribution >= 0.6 is 11.3 Å². The van der Waals surface area contributed by atoms with Crippen LogP contribution < -0.4 is 10.7 Å². The van der Waals surface area contributed by atoms with Crippen LogP contribution in [0.4, 0.5) is 5.69 Å². The molecule has 2 aromatic carbocycles. The molecule has 0 saturated heterocycles.